The summed E-state index contributed by atoms with van der Waals surface area (Å²) in [6.45, 7) is 3.09. The summed E-state index contributed by atoms with van der Waals surface area (Å²) in [7, 11) is 3.71. The molecule has 0 saturated heterocycles. The SMILES string of the molecule is COc1cc2c(cc1CN(C)[C@H](C)c1ccncn1)OCO2. The van der Waals surface area contributed by atoms with Gasteiger partial charge in [-0.25, -0.2) is 9.97 Å². The summed E-state index contributed by atoms with van der Waals surface area (Å²) >= 11 is 0. The van der Waals surface area contributed by atoms with Gasteiger partial charge < -0.3 is 14.2 Å². The van der Waals surface area contributed by atoms with Gasteiger partial charge in [-0.3, -0.25) is 4.90 Å². The van der Waals surface area contributed by atoms with Crippen molar-refractivity contribution in [2.75, 3.05) is 21.0 Å². The molecule has 116 valence electrons. The lowest BCUT2D eigenvalue weighted by Crippen LogP contribution is -2.23. The molecule has 2 heterocycles. The predicted molar refractivity (Wildman–Crippen MR) is 81.0 cm³/mol. The van der Waals surface area contributed by atoms with E-state index in [-0.39, 0.29) is 12.8 Å². The van der Waals surface area contributed by atoms with Crippen molar-refractivity contribution in [3.63, 3.8) is 0 Å². The number of rotatable bonds is 5. The summed E-state index contributed by atoms with van der Waals surface area (Å²) in [5, 5.41) is 0. The smallest absolute Gasteiger partial charge is 0.231 e. The molecule has 0 saturated carbocycles. The summed E-state index contributed by atoms with van der Waals surface area (Å²) < 4.78 is 16.3. The summed E-state index contributed by atoms with van der Waals surface area (Å²) in [4.78, 5) is 10.5. The molecule has 2 aromatic rings. The van der Waals surface area contributed by atoms with E-state index in [1.54, 1.807) is 19.6 Å². The molecular formula is C16H19N3O3. The van der Waals surface area contributed by atoms with Gasteiger partial charge in [0.15, 0.2) is 11.5 Å². The van der Waals surface area contributed by atoms with Crippen molar-refractivity contribution in [2.24, 2.45) is 0 Å². The van der Waals surface area contributed by atoms with E-state index in [2.05, 4.69) is 28.8 Å². The highest BCUT2D eigenvalue weighted by Crippen LogP contribution is 2.38. The number of ether oxygens (including phenoxy) is 3. The van der Waals surface area contributed by atoms with E-state index in [0.717, 1.165) is 28.5 Å². The zero-order valence-corrected chi connectivity index (χ0v) is 12.9. The highest BCUT2D eigenvalue weighted by Gasteiger charge is 2.20. The number of methoxy groups -OCH3 is 1. The minimum absolute atomic E-state index is 0.165. The van der Waals surface area contributed by atoms with Crippen LogP contribution in [0.3, 0.4) is 0 Å². The minimum atomic E-state index is 0.165. The zero-order valence-electron chi connectivity index (χ0n) is 12.9. The molecule has 0 spiro atoms. The molecule has 1 aliphatic heterocycles. The van der Waals surface area contributed by atoms with Crippen LogP contribution in [0, 0.1) is 0 Å². The Morgan fingerprint density at radius 2 is 2.09 bits per heavy atom. The predicted octanol–water partition coefficient (Wildman–Crippen LogP) is 2.41. The van der Waals surface area contributed by atoms with E-state index in [9.17, 15) is 0 Å². The Labute approximate surface area is 129 Å². The molecule has 0 bridgehead atoms. The molecule has 6 nitrogen and oxygen atoms in total. The molecular weight excluding hydrogens is 282 g/mol. The average molecular weight is 301 g/mol. The molecule has 22 heavy (non-hydrogen) atoms. The molecule has 0 aliphatic carbocycles. The summed E-state index contributed by atoms with van der Waals surface area (Å²) in [5.41, 5.74) is 2.03. The summed E-state index contributed by atoms with van der Waals surface area (Å²) in [5.74, 6) is 2.29. The Morgan fingerprint density at radius 1 is 1.32 bits per heavy atom. The van der Waals surface area contributed by atoms with Crippen LogP contribution in [0.15, 0.2) is 30.7 Å². The Balaban J connectivity index is 1.80. The Morgan fingerprint density at radius 3 is 2.77 bits per heavy atom. The standard InChI is InChI=1S/C16H19N3O3/c1-11(13-4-5-17-9-18-13)19(2)8-12-6-15-16(22-10-21-15)7-14(12)20-3/h4-7,9,11H,8,10H2,1-3H3/t11-/m1/s1. The van der Waals surface area contributed by atoms with Gasteiger partial charge in [0.05, 0.1) is 12.8 Å². The molecule has 1 aromatic carbocycles. The third-order valence-corrected chi connectivity index (χ3v) is 3.89. The number of hydrogen-bond donors (Lipinski definition) is 0. The van der Waals surface area contributed by atoms with Gasteiger partial charge in [-0.2, -0.15) is 0 Å². The molecule has 0 N–H and O–H groups in total. The van der Waals surface area contributed by atoms with Gasteiger partial charge >= 0.3 is 0 Å². The van der Waals surface area contributed by atoms with Crippen molar-refractivity contribution in [1.29, 1.82) is 0 Å². The molecule has 1 aliphatic rings. The monoisotopic (exact) mass is 301 g/mol. The van der Waals surface area contributed by atoms with Crippen molar-refractivity contribution in [3.05, 3.63) is 42.0 Å². The maximum atomic E-state index is 5.47. The van der Waals surface area contributed by atoms with E-state index in [0.29, 0.717) is 6.54 Å². The first-order valence-corrected chi connectivity index (χ1v) is 7.11. The van der Waals surface area contributed by atoms with Crippen molar-refractivity contribution < 1.29 is 14.2 Å². The van der Waals surface area contributed by atoms with Gasteiger partial charge in [0.1, 0.15) is 12.1 Å². The minimum Gasteiger partial charge on any atom is -0.496 e. The lowest BCUT2D eigenvalue weighted by atomic mass is 10.1. The number of aromatic nitrogens is 2. The fourth-order valence-electron chi connectivity index (χ4n) is 2.46. The molecule has 0 fully saturated rings. The summed E-state index contributed by atoms with van der Waals surface area (Å²) in [6.07, 6.45) is 3.33. The van der Waals surface area contributed by atoms with E-state index in [1.807, 2.05) is 18.2 Å². The van der Waals surface area contributed by atoms with Gasteiger partial charge in [-0.1, -0.05) is 0 Å². The van der Waals surface area contributed by atoms with Crippen molar-refractivity contribution in [3.8, 4) is 17.2 Å². The first-order valence-electron chi connectivity index (χ1n) is 7.11. The first kappa shape index (κ1) is 14.6. The topological polar surface area (TPSA) is 56.7 Å². The largest absolute Gasteiger partial charge is 0.496 e. The normalized spacial score (nSPS) is 14.2. The molecule has 3 rings (SSSR count). The quantitative estimate of drug-likeness (QED) is 0.845. The lowest BCUT2D eigenvalue weighted by Gasteiger charge is -2.25. The number of fused-ring (bicyclic) bond motifs is 1. The van der Waals surface area contributed by atoms with Crippen LogP contribution in [0.25, 0.3) is 0 Å². The number of benzene rings is 1. The molecule has 6 heteroatoms. The second-order valence-electron chi connectivity index (χ2n) is 5.24. The van der Waals surface area contributed by atoms with Gasteiger partial charge in [-0.15, -0.1) is 0 Å². The van der Waals surface area contributed by atoms with E-state index in [4.69, 9.17) is 14.2 Å². The fourth-order valence-corrected chi connectivity index (χ4v) is 2.46. The van der Waals surface area contributed by atoms with Gasteiger partial charge in [0, 0.05) is 30.4 Å². The van der Waals surface area contributed by atoms with Crippen molar-refractivity contribution in [1.82, 2.24) is 14.9 Å². The number of hydrogen-bond acceptors (Lipinski definition) is 6. The van der Waals surface area contributed by atoms with E-state index >= 15 is 0 Å². The molecule has 0 amide bonds. The molecule has 1 aromatic heterocycles. The van der Waals surface area contributed by atoms with Crippen LogP contribution in [0.1, 0.15) is 24.2 Å². The van der Waals surface area contributed by atoms with Crippen molar-refractivity contribution in [2.45, 2.75) is 19.5 Å². The van der Waals surface area contributed by atoms with Crippen LogP contribution in [-0.4, -0.2) is 35.8 Å². The second-order valence-corrected chi connectivity index (χ2v) is 5.24. The van der Waals surface area contributed by atoms with Crippen molar-refractivity contribution >= 4 is 0 Å². The fraction of sp³-hybridized carbons (Fsp3) is 0.375. The summed E-state index contributed by atoms with van der Waals surface area (Å²) in [6, 6.07) is 5.95. The first-order chi connectivity index (χ1) is 10.7. The maximum absolute atomic E-state index is 5.47. The maximum Gasteiger partial charge on any atom is 0.231 e. The Bertz CT molecular complexity index is 649. The van der Waals surface area contributed by atoms with Crippen LogP contribution < -0.4 is 14.2 Å². The molecule has 1 atom stereocenters. The van der Waals surface area contributed by atoms with Crippen LogP contribution in [0.4, 0.5) is 0 Å². The second kappa shape index (κ2) is 6.19. The van der Waals surface area contributed by atoms with Gasteiger partial charge in [-0.05, 0) is 26.1 Å². The average Bonchev–Trinajstić information content (AvgIpc) is 3.01. The van der Waals surface area contributed by atoms with Crippen LogP contribution in [0.2, 0.25) is 0 Å². The van der Waals surface area contributed by atoms with Crippen LogP contribution in [-0.2, 0) is 6.54 Å². The third kappa shape index (κ3) is 2.82. The number of nitrogens with zero attached hydrogens (tertiary/aromatic N) is 3. The van der Waals surface area contributed by atoms with Crippen LogP contribution >= 0.6 is 0 Å². The Hall–Kier alpha value is -2.34. The lowest BCUT2D eigenvalue weighted by molar-refractivity contribution is 0.173. The Kier molecular flexibility index (Phi) is 4.11. The van der Waals surface area contributed by atoms with Gasteiger partial charge in [0.2, 0.25) is 6.79 Å². The van der Waals surface area contributed by atoms with E-state index < -0.39 is 0 Å². The van der Waals surface area contributed by atoms with E-state index in [1.165, 1.54) is 0 Å². The zero-order chi connectivity index (χ0) is 15.5. The van der Waals surface area contributed by atoms with Crippen LogP contribution in [0.5, 0.6) is 17.2 Å². The molecule has 0 radical (unpaired) electrons. The third-order valence-electron chi connectivity index (χ3n) is 3.89. The van der Waals surface area contributed by atoms with Gasteiger partial charge in [0.25, 0.3) is 0 Å². The highest BCUT2D eigenvalue weighted by atomic mass is 16.7. The molecule has 0 unspecified atom stereocenters. The highest BCUT2D eigenvalue weighted by molar-refractivity contribution is 5.51.